The van der Waals surface area contributed by atoms with Gasteiger partial charge in [-0.05, 0) is 32.9 Å². The zero-order valence-corrected chi connectivity index (χ0v) is 16.0. The van der Waals surface area contributed by atoms with Crippen molar-refractivity contribution in [3.8, 4) is 10.6 Å². The standard InChI is InChI=1S/C17H18ClN3O4S/c1-17(2,3)21-16(24)20-13(22)8-25-15(23)12-9-26-14(19-12)10-5-4-6-11(18)7-10/h4-7,9H,8H2,1-3H3,(H2,20,21,22,24). The van der Waals surface area contributed by atoms with E-state index in [2.05, 4.69) is 15.6 Å². The Morgan fingerprint density at radius 3 is 2.65 bits per heavy atom. The van der Waals surface area contributed by atoms with Gasteiger partial charge in [0.15, 0.2) is 12.3 Å². The molecule has 1 aromatic heterocycles. The average Bonchev–Trinajstić information content (AvgIpc) is 3.00. The van der Waals surface area contributed by atoms with E-state index in [-0.39, 0.29) is 5.69 Å². The molecule has 0 saturated carbocycles. The van der Waals surface area contributed by atoms with E-state index < -0.39 is 30.1 Å². The summed E-state index contributed by atoms with van der Waals surface area (Å²) in [7, 11) is 0. The first kappa shape index (κ1) is 19.9. The molecule has 0 aliphatic heterocycles. The highest BCUT2D eigenvalue weighted by Crippen LogP contribution is 2.26. The Morgan fingerprint density at radius 2 is 2.00 bits per heavy atom. The van der Waals surface area contributed by atoms with Crippen LogP contribution in [-0.2, 0) is 9.53 Å². The third kappa shape index (κ3) is 6.12. The maximum atomic E-state index is 12.0. The molecule has 0 aliphatic carbocycles. The van der Waals surface area contributed by atoms with Crippen LogP contribution in [0.3, 0.4) is 0 Å². The van der Waals surface area contributed by atoms with Crippen molar-refractivity contribution in [1.82, 2.24) is 15.6 Å². The molecule has 138 valence electrons. The van der Waals surface area contributed by atoms with Gasteiger partial charge in [0.05, 0.1) is 0 Å². The number of amides is 3. The van der Waals surface area contributed by atoms with Gasteiger partial charge in [0, 0.05) is 21.5 Å². The Bertz CT molecular complexity index is 829. The SMILES string of the molecule is CC(C)(C)NC(=O)NC(=O)COC(=O)c1csc(-c2cccc(Cl)c2)n1. The molecule has 0 aliphatic rings. The van der Waals surface area contributed by atoms with Gasteiger partial charge in [0.25, 0.3) is 5.91 Å². The number of rotatable bonds is 4. The number of benzene rings is 1. The Kier molecular flexibility index (Phi) is 6.33. The van der Waals surface area contributed by atoms with Gasteiger partial charge in [-0.25, -0.2) is 14.6 Å². The second kappa shape index (κ2) is 8.29. The number of esters is 1. The van der Waals surface area contributed by atoms with Crippen LogP contribution in [0.25, 0.3) is 10.6 Å². The summed E-state index contributed by atoms with van der Waals surface area (Å²) in [4.78, 5) is 39.4. The van der Waals surface area contributed by atoms with Gasteiger partial charge in [0.2, 0.25) is 0 Å². The molecule has 0 saturated heterocycles. The predicted octanol–water partition coefficient (Wildman–Crippen LogP) is 3.24. The minimum absolute atomic E-state index is 0.0805. The van der Waals surface area contributed by atoms with E-state index in [1.807, 2.05) is 6.07 Å². The van der Waals surface area contributed by atoms with E-state index in [4.69, 9.17) is 16.3 Å². The Balaban J connectivity index is 1.89. The lowest BCUT2D eigenvalue weighted by atomic mass is 10.1. The highest BCUT2D eigenvalue weighted by molar-refractivity contribution is 7.13. The molecule has 1 heterocycles. The van der Waals surface area contributed by atoms with Crippen molar-refractivity contribution in [3.63, 3.8) is 0 Å². The topological polar surface area (TPSA) is 97.4 Å². The van der Waals surface area contributed by atoms with Crippen LogP contribution in [0.4, 0.5) is 4.79 Å². The third-order valence-corrected chi connectivity index (χ3v) is 3.99. The van der Waals surface area contributed by atoms with E-state index in [1.165, 1.54) is 16.7 Å². The van der Waals surface area contributed by atoms with Gasteiger partial charge in [-0.15, -0.1) is 11.3 Å². The van der Waals surface area contributed by atoms with Gasteiger partial charge >= 0.3 is 12.0 Å². The molecule has 0 spiro atoms. The molecule has 3 amide bonds. The molecule has 2 rings (SSSR count). The Labute approximate surface area is 159 Å². The molecular formula is C17H18ClN3O4S. The first-order valence-electron chi connectivity index (χ1n) is 7.64. The summed E-state index contributed by atoms with van der Waals surface area (Å²) in [6.45, 7) is 4.74. The lowest BCUT2D eigenvalue weighted by molar-refractivity contribution is -0.123. The number of nitrogens with one attached hydrogen (secondary N) is 2. The molecule has 0 radical (unpaired) electrons. The van der Waals surface area contributed by atoms with Crippen LogP contribution < -0.4 is 10.6 Å². The van der Waals surface area contributed by atoms with E-state index in [1.54, 1.807) is 39.0 Å². The van der Waals surface area contributed by atoms with Crippen LogP contribution in [0.2, 0.25) is 5.02 Å². The zero-order chi connectivity index (χ0) is 19.3. The fourth-order valence-corrected chi connectivity index (χ4v) is 2.84. The molecule has 0 unspecified atom stereocenters. The number of nitrogens with zero attached hydrogens (tertiary/aromatic N) is 1. The maximum Gasteiger partial charge on any atom is 0.358 e. The minimum atomic E-state index is -0.749. The molecule has 26 heavy (non-hydrogen) atoms. The molecule has 1 aromatic carbocycles. The third-order valence-electron chi connectivity index (χ3n) is 2.86. The fourth-order valence-electron chi connectivity index (χ4n) is 1.86. The summed E-state index contributed by atoms with van der Waals surface area (Å²) < 4.78 is 4.88. The van der Waals surface area contributed by atoms with Crippen LogP contribution in [-0.4, -0.2) is 35.0 Å². The number of imide groups is 1. The first-order valence-corrected chi connectivity index (χ1v) is 8.90. The van der Waals surface area contributed by atoms with Crippen LogP contribution in [0.5, 0.6) is 0 Å². The number of thiazole rings is 1. The monoisotopic (exact) mass is 395 g/mol. The smallest absolute Gasteiger partial charge is 0.358 e. The highest BCUT2D eigenvalue weighted by atomic mass is 35.5. The number of carbonyl (C=O) groups excluding carboxylic acids is 3. The van der Waals surface area contributed by atoms with Crippen molar-refractivity contribution in [2.24, 2.45) is 0 Å². The van der Waals surface area contributed by atoms with Crippen LogP contribution in [0.15, 0.2) is 29.6 Å². The zero-order valence-electron chi connectivity index (χ0n) is 14.5. The number of hydrogen-bond donors (Lipinski definition) is 2. The summed E-state index contributed by atoms with van der Waals surface area (Å²) >= 11 is 7.19. The number of halogens is 1. The van der Waals surface area contributed by atoms with Crippen LogP contribution in [0.1, 0.15) is 31.3 Å². The predicted molar refractivity (Wildman–Crippen MR) is 99.3 cm³/mol. The number of urea groups is 1. The maximum absolute atomic E-state index is 12.0. The van der Waals surface area contributed by atoms with E-state index in [0.717, 1.165) is 5.56 Å². The summed E-state index contributed by atoms with van der Waals surface area (Å²) in [5, 5.41) is 7.34. The summed E-state index contributed by atoms with van der Waals surface area (Å²) in [5.41, 5.74) is 0.369. The average molecular weight is 396 g/mol. The van der Waals surface area contributed by atoms with Crippen molar-refractivity contribution in [1.29, 1.82) is 0 Å². The largest absolute Gasteiger partial charge is 0.451 e. The second-order valence-electron chi connectivity index (χ2n) is 6.38. The molecule has 0 fully saturated rings. The van der Waals surface area contributed by atoms with Crippen molar-refractivity contribution in [2.45, 2.75) is 26.3 Å². The number of carbonyl (C=O) groups is 3. The van der Waals surface area contributed by atoms with Crippen molar-refractivity contribution in [2.75, 3.05) is 6.61 Å². The lowest BCUT2D eigenvalue weighted by Crippen LogP contribution is -2.49. The van der Waals surface area contributed by atoms with E-state index in [9.17, 15) is 14.4 Å². The number of ether oxygens (including phenoxy) is 1. The van der Waals surface area contributed by atoms with Gasteiger partial charge in [-0.1, -0.05) is 23.7 Å². The fraction of sp³-hybridized carbons (Fsp3) is 0.294. The van der Waals surface area contributed by atoms with Gasteiger partial charge in [0.1, 0.15) is 5.01 Å². The normalized spacial score (nSPS) is 10.9. The highest BCUT2D eigenvalue weighted by Gasteiger charge is 2.18. The molecule has 7 nitrogen and oxygen atoms in total. The van der Waals surface area contributed by atoms with Crippen molar-refractivity contribution in [3.05, 3.63) is 40.4 Å². The van der Waals surface area contributed by atoms with Crippen LogP contribution >= 0.6 is 22.9 Å². The quantitative estimate of drug-likeness (QED) is 0.774. The molecular weight excluding hydrogens is 378 g/mol. The second-order valence-corrected chi connectivity index (χ2v) is 7.67. The molecule has 0 bridgehead atoms. The summed E-state index contributed by atoms with van der Waals surface area (Å²) in [6, 6.07) is 6.42. The Hall–Kier alpha value is -2.45. The van der Waals surface area contributed by atoms with Crippen molar-refractivity contribution >= 4 is 40.8 Å². The van der Waals surface area contributed by atoms with Gasteiger partial charge in [-0.2, -0.15) is 0 Å². The van der Waals surface area contributed by atoms with Crippen LogP contribution in [0, 0.1) is 0 Å². The van der Waals surface area contributed by atoms with E-state index in [0.29, 0.717) is 10.0 Å². The minimum Gasteiger partial charge on any atom is -0.451 e. The summed E-state index contributed by atoms with van der Waals surface area (Å²) in [6.07, 6.45) is 0. The van der Waals surface area contributed by atoms with E-state index >= 15 is 0 Å². The molecule has 0 atom stereocenters. The van der Waals surface area contributed by atoms with Gasteiger partial charge in [-0.3, -0.25) is 10.1 Å². The summed E-state index contributed by atoms with van der Waals surface area (Å²) in [5.74, 6) is -1.48. The molecule has 2 N–H and O–H groups in total. The lowest BCUT2D eigenvalue weighted by Gasteiger charge is -2.20. The first-order chi connectivity index (χ1) is 12.1. The van der Waals surface area contributed by atoms with Gasteiger partial charge < -0.3 is 10.1 Å². The van der Waals surface area contributed by atoms with Crippen molar-refractivity contribution < 1.29 is 19.1 Å². The number of hydrogen-bond acceptors (Lipinski definition) is 6. The Morgan fingerprint density at radius 1 is 1.27 bits per heavy atom. The molecule has 9 heteroatoms. The number of aromatic nitrogens is 1. The molecule has 2 aromatic rings.